The minimum absolute atomic E-state index is 0.622. The van der Waals surface area contributed by atoms with Crippen LogP contribution in [-0.4, -0.2) is 0 Å². The van der Waals surface area contributed by atoms with Gasteiger partial charge in [0.1, 0.15) is 0 Å². The van der Waals surface area contributed by atoms with Crippen LogP contribution in [0.15, 0.2) is 0 Å². The van der Waals surface area contributed by atoms with Crippen LogP contribution < -0.4 is 0 Å². The lowest BCUT2D eigenvalue weighted by atomic mass is 9.92. The Kier molecular flexibility index (Phi) is 5.62. The van der Waals surface area contributed by atoms with E-state index in [0.717, 1.165) is 11.8 Å². The molecule has 0 heteroatoms. The van der Waals surface area contributed by atoms with Crippen molar-refractivity contribution in [1.29, 1.82) is 0 Å². The van der Waals surface area contributed by atoms with Gasteiger partial charge in [0.25, 0.3) is 0 Å². The second-order valence-corrected chi connectivity index (χ2v) is 4.42. The standard InChI is InChI=1S/C11H23/c1-9(2)6-7-11(5)8-10(3)4/h9-11H,3,6-8H2,1-2,4-5H3. The third-order valence-corrected chi connectivity index (χ3v) is 2.04. The summed E-state index contributed by atoms with van der Waals surface area (Å²) in [5.41, 5.74) is 0. The smallest absolute Gasteiger partial charge is 0.0440 e. The van der Waals surface area contributed by atoms with Gasteiger partial charge in [-0.25, -0.2) is 0 Å². The fraction of sp³-hybridized carbons (Fsp3) is 0.909. The molecule has 0 aliphatic carbocycles. The van der Waals surface area contributed by atoms with Crippen molar-refractivity contribution in [2.24, 2.45) is 17.8 Å². The van der Waals surface area contributed by atoms with E-state index >= 15 is 0 Å². The highest BCUT2D eigenvalue weighted by molar-refractivity contribution is 4.61. The molecule has 0 aromatic carbocycles. The topological polar surface area (TPSA) is 0 Å². The van der Waals surface area contributed by atoms with E-state index in [2.05, 4.69) is 34.6 Å². The van der Waals surface area contributed by atoms with Gasteiger partial charge in [0.15, 0.2) is 0 Å². The molecule has 0 rings (SSSR count). The Morgan fingerprint density at radius 1 is 1.00 bits per heavy atom. The molecule has 0 saturated carbocycles. The van der Waals surface area contributed by atoms with Gasteiger partial charge in [0.2, 0.25) is 0 Å². The molecule has 11 heavy (non-hydrogen) atoms. The Bertz CT molecular complexity index is 82.0. The Hall–Kier alpha value is 0. The van der Waals surface area contributed by atoms with Crippen molar-refractivity contribution in [3.8, 4) is 0 Å². The Morgan fingerprint density at radius 2 is 1.55 bits per heavy atom. The zero-order chi connectivity index (χ0) is 8.85. The van der Waals surface area contributed by atoms with E-state index in [1.165, 1.54) is 19.3 Å². The van der Waals surface area contributed by atoms with Crippen molar-refractivity contribution in [2.45, 2.75) is 47.0 Å². The van der Waals surface area contributed by atoms with Crippen LogP contribution in [0.3, 0.4) is 0 Å². The van der Waals surface area contributed by atoms with Crippen molar-refractivity contribution < 1.29 is 0 Å². The number of hydrogen-bond acceptors (Lipinski definition) is 0. The van der Waals surface area contributed by atoms with Crippen LogP contribution in [0, 0.1) is 24.7 Å². The van der Waals surface area contributed by atoms with Gasteiger partial charge in [0, 0.05) is 0 Å². The van der Waals surface area contributed by atoms with Gasteiger partial charge in [-0.3, -0.25) is 0 Å². The van der Waals surface area contributed by atoms with E-state index in [1.807, 2.05) is 0 Å². The maximum absolute atomic E-state index is 4.01. The van der Waals surface area contributed by atoms with E-state index in [9.17, 15) is 0 Å². The average Bonchev–Trinajstić information content (AvgIpc) is 1.82. The van der Waals surface area contributed by atoms with Gasteiger partial charge in [0.05, 0.1) is 0 Å². The number of rotatable bonds is 5. The van der Waals surface area contributed by atoms with Crippen LogP contribution in [0.5, 0.6) is 0 Å². The molecule has 0 aliphatic rings. The Labute approximate surface area is 72.4 Å². The highest BCUT2D eigenvalue weighted by Gasteiger charge is 2.05. The van der Waals surface area contributed by atoms with Gasteiger partial charge in [-0.05, 0) is 24.2 Å². The third-order valence-electron chi connectivity index (χ3n) is 2.04. The van der Waals surface area contributed by atoms with Crippen molar-refractivity contribution >= 4 is 0 Å². The van der Waals surface area contributed by atoms with Gasteiger partial charge in [-0.15, -0.1) is 0 Å². The van der Waals surface area contributed by atoms with Crippen LogP contribution in [0.4, 0.5) is 0 Å². The van der Waals surface area contributed by atoms with Crippen LogP contribution in [0.25, 0.3) is 0 Å². The molecule has 0 aromatic rings. The monoisotopic (exact) mass is 155 g/mol. The fourth-order valence-corrected chi connectivity index (χ4v) is 1.42. The minimum Gasteiger partial charge on any atom is -0.0628 e. The summed E-state index contributed by atoms with van der Waals surface area (Å²) in [5, 5.41) is 0. The Morgan fingerprint density at radius 3 is 1.91 bits per heavy atom. The first-order valence-corrected chi connectivity index (χ1v) is 4.85. The molecule has 0 bridgehead atoms. The maximum Gasteiger partial charge on any atom is -0.0440 e. The fourth-order valence-electron chi connectivity index (χ4n) is 1.42. The molecule has 0 aromatic heterocycles. The summed E-state index contributed by atoms with van der Waals surface area (Å²) < 4.78 is 0. The molecular weight excluding hydrogens is 132 g/mol. The van der Waals surface area contributed by atoms with E-state index in [-0.39, 0.29) is 0 Å². The normalized spacial score (nSPS) is 14.5. The molecule has 1 radical (unpaired) electrons. The molecule has 0 spiro atoms. The molecular formula is C11H23. The third kappa shape index (κ3) is 7.90. The largest absolute Gasteiger partial charge is 0.0628 e. The SMILES string of the molecule is [CH2]C(C)CC(C)CCC(C)C. The number of hydrogen-bond donors (Lipinski definition) is 0. The molecule has 0 aliphatic heterocycles. The summed E-state index contributed by atoms with van der Waals surface area (Å²) in [6.45, 7) is 13.1. The van der Waals surface area contributed by atoms with Gasteiger partial charge >= 0.3 is 0 Å². The highest BCUT2D eigenvalue weighted by Crippen LogP contribution is 2.18. The predicted molar refractivity (Wildman–Crippen MR) is 52.4 cm³/mol. The molecule has 67 valence electrons. The van der Waals surface area contributed by atoms with Crippen molar-refractivity contribution in [3.05, 3.63) is 6.92 Å². The van der Waals surface area contributed by atoms with Gasteiger partial charge in [-0.2, -0.15) is 0 Å². The lowest BCUT2D eigenvalue weighted by Gasteiger charge is -2.14. The van der Waals surface area contributed by atoms with E-state index in [4.69, 9.17) is 0 Å². The van der Waals surface area contributed by atoms with Crippen molar-refractivity contribution in [1.82, 2.24) is 0 Å². The van der Waals surface area contributed by atoms with Gasteiger partial charge < -0.3 is 0 Å². The Balaban J connectivity index is 3.29. The molecule has 0 fully saturated rings. The van der Waals surface area contributed by atoms with Crippen LogP contribution in [0.2, 0.25) is 0 Å². The predicted octanol–water partition coefficient (Wildman–Crippen LogP) is 3.92. The lowest BCUT2D eigenvalue weighted by molar-refractivity contribution is 0.395. The summed E-state index contributed by atoms with van der Waals surface area (Å²) >= 11 is 0. The first kappa shape index (κ1) is 11.0. The zero-order valence-electron chi connectivity index (χ0n) is 8.56. The van der Waals surface area contributed by atoms with Crippen LogP contribution in [0.1, 0.15) is 47.0 Å². The molecule has 2 atom stereocenters. The van der Waals surface area contributed by atoms with Crippen LogP contribution in [-0.2, 0) is 0 Å². The first-order chi connectivity index (χ1) is 5.02. The molecule has 0 nitrogen and oxygen atoms in total. The van der Waals surface area contributed by atoms with Crippen LogP contribution >= 0.6 is 0 Å². The summed E-state index contributed by atoms with van der Waals surface area (Å²) in [4.78, 5) is 0. The lowest BCUT2D eigenvalue weighted by Crippen LogP contribution is -2.01. The molecule has 2 unspecified atom stereocenters. The van der Waals surface area contributed by atoms with E-state index in [0.29, 0.717) is 5.92 Å². The average molecular weight is 155 g/mol. The quantitative estimate of drug-likeness (QED) is 0.564. The minimum atomic E-state index is 0.622. The maximum atomic E-state index is 4.01. The summed E-state index contributed by atoms with van der Waals surface area (Å²) in [6, 6.07) is 0. The van der Waals surface area contributed by atoms with E-state index < -0.39 is 0 Å². The molecule has 0 N–H and O–H groups in total. The first-order valence-electron chi connectivity index (χ1n) is 4.85. The molecule has 0 heterocycles. The van der Waals surface area contributed by atoms with Gasteiger partial charge in [-0.1, -0.05) is 47.5 Å². The van der Waals surface area contributed by atoms with Crippen molar-refractivity contribution in [2.75, 3.05) is 0 Å². The molecule has 0 saturated heterocycles. The summed E-state index contributed by atoms with van der Waals surface area (Å²) in [5.74, 6) is 2.35. The second kappa shape index (κ2) is 5.62. The zero-order valence-corrected chi connectivity index (χ0v) is 8.56. The molecule has 0 amide bonds. The van der Waals surface area contributed by atoms with Crippen molar-refractivity contribution in [3.63, 3.8) is 0 Å². The second-order valence-electron chi connectivity index (χ2n) is 4.42. The van der Waals surface area contributed by atoms with E-state index in [1.54, 1.807) is 0 Å². The summed E-state index contributed by atoms with van der Waals surface area (Å²) in [7, 11) is 0. The highest BCUT2D eigenvalue weighted by atomic mass is 14.1. The summed E-state index contributed by atoms with van der Waals surface area (Å²) in [6.07, 6.45) is 4.03.